The Morgan fingerprint density at radius 1 is 1.00 bits per heavy atom. The molecule has 0 N–H and O–H groups in total. The third-order valence-corrected chi connectivity index (χ3v) is 5.60. The minimum absolute atomic E-state index is 0.800. The highest BCUT2D eigenvalue weighted by Gasteiger charge is 2.18. The highest BCUT2D eigenvalue weighted by atomic mass is 32.1. The monoisotopic (exact) mass is 337 g/mol. The van der Waals surface area contributed by atoms with Gasteiger partial charge < -0.3 is 4.90 Å². The van der Waals surface area contributed by atoms with Crippen LogP contribution >= 0.6 is 11.3 Å². The zero-order chi connectivity index (χ0) is 16.4. The maximum absolute atomic E-state index is 5.00. The van der Waals surface area contributed by atoms with E-state index in [1.54, 1.807) is 11.3 Å². The Morgan fingerprint density at radius 2 is 1.75 bits per heavy atom. The molecule has 0 radical (unpaired) electrons. The lowest BCUT2D eigenvalue weighted by Crippen LogP contribution is -2.25. The summed E-state index contributed by atoms with van der Waals surface area (Å²) in [4.78, 5) is 14.8. The molecule has 3 nitrogen and oxygen atoms in total. The van der Waals surface area contributed by atoms with Gasteiger partial charge in [0.25, 0.3) is 0 Å². The number of fused-ring (bicyclic) bond motifs is 1. The molecule has 3 heterocycles. The third-order valence-electron chi connectivity index (χ3n) is 4.65. The normalized spacial score (nSPS) is 15.6. The van der Waals surface area contributed by atoms with E-state index in [4.69, 9.17) is 9.97 Å². The zero-order valence-corrected chi connectivity index (χ0v) is 15.0. The Bertz CT molecular complexity index is 818. The van der Waals surface area contributed by atoms with Crippen molar-refractivity contribution in [3.63, 3.8) is 0 Å². The molecule has 1 saturated heterocycles. The zero-order valence-electron chi connectivity index (χ0n) is 14.2. The van der Waals surface area contributed by atoms with Crippen LogP contribution in [0.4, 0.5) is 5.82 Å². The lowest BCUT2D eigenvalue weighted by molar-refractivity contribution is 0.726. The van der Waals surface area contributed by atoms with Crippen molar-refractivity contribution in [3.05, 3.63) is 52.7 Å². The molecule has 2 aromatic heterocycles. The SMILES string of the molecule is Cc1cc2c(N3CCCCCC3)nc(Cc3ccccc3)nc2s1. The number of benzene rings is 1. The van der Waals surface area contributed by atoms with Crippen LogP contribution in [-0.2, 0) is 6.42 Å². The van der Waals surface area contributed by atoms with Gasteiger partial charge in [-0.15, -0.1) is 11.3 Å². The Morgan fingerprint density at radius 3 is 2.50 bits per heavy atom. The Balaban J connectivity index is 1.75. The van der Waals surface area contributed by atoms with Gasteiger partial charge in [0.1, 0.15) is 16.5 Å². The minimum Gasteiger partial charge on any atom is -0.356 e. The number of anilines is 1. The van der Waals surface area contributed by atoms with Gasteiger partial charge in [-0.25, -0.2) is 9.97 Å². The lowest BCUT2D eigenvalue weighted by Gasteiger charge is -2.22. The summed E-state index contributed by atoms with van der Waals surface area (Å²) in [5.41, 5.74) is 1.27. The van der Waals surface area contributed by atoms with Crippen LogP contribution in [0.2, 0.25) is 0 Å². The van der Waals surface area contributed by atoms with Crippen molar-refractivity contribution in [3.8, 4) is 0 Å². The summed E-state index contributed by atoms with van der Waals surface area (Å²) in [5.74, 6) is 2.09. The molecule has 24 heavy (non-hydrogen) atoms. The van der Waals surface area contributed by atoms with Gasteiger partial charge in [-0.3, -0.25) is 0 Å². The van der Waals surface area contributed by atoms with Crippen molar-refractivity contribution in [1.82, 2.24) is 9.97 Å². The van der Waals surface area contributed by atoms with E-state index < -0.39 is 0 Å². The van der Waals surface area contributed by atoms with Crippen LogP contribution in [0.3, 0.4) is 0 Å². The molecule has 3 aromatic rings. The second-order valence-electron chi connectivity index (χ2n) is 6.60. The van der Waals surface area contributed by atoms with Crippen molar-refractivity contribution in [2.75, 3.05) is 18.0 Å². The fourth-order valence-electron chi connectivity index (χ4n) is 3.45. The van der Waals surface area contributed by atoms with Crippen molar-refractivity contribution < 1.29 is 0 Å². The van der Waals surface area contributed by atoms with Crippen LogP contribution in [0.5, 0.6) is 0 Å². The van der Waals surface area contributed by atoms with Crippen molar-refractivity contribution >= 4 is 27.4 Å². The summed E-state index contributed by atoms with van der Waals surface area (Å²) in [6.45, 7) is 4.40. The first kappa shape index (κ1) is 15.6. The van der Waals surface area contributed by atoms with E-state index in [-0.39, 0.29) is 0 Å². The van der Waals surface area contributed by atoms with E-state index in [0.29, 0.717) is 0 Å². The molecule has 0 unspecified atom stereocenters. The Hall–Kier alpha value is -1.94. The maximum Gasteiger partial charge on any atom is 0.141 e. The first-order valence-corrected chi connectivity index (χ1v) is 9.67. The fourth-order valence-corrected chi connectivity index (χ4v) is 4.34. The van der Waals surface area contributed by atoms with E-state index in [9.17, 15) is 0 Å². The minimum atomic E-state index is 0.800. The smallest absolute Gasteiger partial charge is 0.141 e. The fraction of sp³-hybridized carbons (Fsp3) is 0.400. The Kier molecular flexibility index (Phi) is 4.48. The molecule has 1 fully saturated rings. The molecule has 1 aromatic carbocycles. The summed E-state index contributed by atoms with van der Waals surface area (Å²) < 4.78 is 0. The lowest BCUT2D eigenvalue weighted by atomic mass is 10.1. The summed E-state index contributed by atoms with van der Waals surface area (Å²) in [6.07, 6.45) is 6.01. The number of rotatable bonds is 3. The predicted octanol–water partition coefficient (Wildman–Crippen LogP) is 4.97. The van der Waals surface area contributed by atoms with Gasteiger partial charge in [0.15, 0.2) is 0 Å². The van der Waals surface area contributed by atoms with Gasteiger partial charge in [0.2, 0.25) is 0 Å². The van der Waals surface area contributed by atoms with Gasteiger partial charge in [0.05, 0.1) is 5.39 Å². The van der Waals surface area contributed by atoms with Crippen LogP contribution in [0.1, 0.15) is 41.9 Å². The molecule has 0 spiro atoms. The van der Waals surface area contributed by atoms with Gasteiger partial charge >= 0.3 is 0 Å². The van der Waals surface area contributed by atoms with Crippen LogP contribution in [0.25, 0.3) is 10.2 Å². The molecule has 0 saturated carbocycles. The highest BCUT2D eigenvalue weighted by molar-refractivity contribution is 7.18. The van der Waals surface area contributed by atoms with Crippen molar-refractivity contribution in [1.29, 1.82) is 0 Å². The highest BCUT2D eigenvalue weighted by Crippen LogP contribution is 2.32. The molecule has 0 amide bonds. The quantitative estimate of drug-likeness (QED) is 0.675. The molecule has 4 rings (SSSR count). The maximum atomic E-state index is 5.00. The number of hydrogen-bond donors (Lipinski definition) is 0. The predicted molar refractivity (Wildman–Crippen MR) is 102 cm³/mol. The molecule has 1 aliphatic rings. The second kappa shape index (κ2) is 6.89. The largest absolute Gasteiger partial charge is 0.356 e. The van der Waals surface area contributed by atoms with E-state index >= 15 is 0 Å². The molecule has 124 valence electrons. The van der Waals surface area contributed by atoms with Crippen LogP contribution in [0.15, 0.2) is 36.4 Å². The van der Waals surface area contributed by atoms with E-state index in [0.717, 1.165) is 36.0 Å². The number of aromatic nitrogens is 2. The summed E-state index contributed by atoms with van der Waals surface area (Å²) in [7, 11) is 0. The number of aryl methyl sites for hydroxylation is 1. The molecular formula is C20H23N3S. The molecule has 4 heteroatoms. The van der Waals surface area contributed by atoms with E-state index in [1.165, 1.54) is 41.5 Å². The first-order chi connectivity index (χ1) is 11.8. The molecule has 0 bridgehead atoms. The summed E-state index contributed by atoms with van der Waals surface area (Å²) >= 11 is 1.78. The Labute approximate surface area is 147 Å². The molecule has 0 atom stereocenters. The number of nitrogens with zero attached hydrogens (tertiary/aromatic N) is 3. The van der Waals surface area contributed by atoms with Crippen molar-refractivity contribution in [2.24, 2.45) is 0 Å². The van der Waals surface area contributed by atoms with Crippen molar-refractivity contribution in [2.45, 2.75) is 39.0 Å². The summed E-state index contributed by atoms with van der Waals surface area (Å²) in [6, 6.07) is 12.8. The first-order valence-electron chi connectivity index (χ1n) is 8.85. The molecule has 0 aliphatic carbocycles. The standard InChI is InChI=1S/C20H23N3S/c1-15-13-17-19(23-11-7-2-3-8-12-23)21-18(22-20(17)24-15)14-16-9-5-4-6-10-16/h4-6,9-10,13H,2-3,7-8,11-12,14H2,1H3. The van der Waals surface area contributed by atoms with Crippen LogP contribution < -0.4 is 4.90 Å². The average molecular weight is 337 g/mol. The van der Waals surface area contributed by atoms with Crippen LogP contribution in [-0.4, -0.2) is 23.1 Å². The van der Waals surface area contributed by atoms with Gasteiger partial charge in [0, 0.05) is 24.4 Å². The third kappa shape index (κ3) is 3.29. The second-order valence-corrected chi connectivity index (χ2v) is 7.84. The van der Waals surface area contributed by atoms with E-state index in [1.807, 2.05) is 0 Å². The molecule has 1 aliphatic heterocycles. The van der Waals surface area contributed by atoms with Gasteiger partial charge in [-0.1, -0.05) is 43.2 Å². The topological polar surface area (TPSA) is 29.0 Å². The number of hydrogen-bond acceptors (Lipinski definition) is 4. The molecular weight excluding hydrogens is 314 g/mol. The average Bonchev–Trinajstić information content (AvgIpc) is 2.80. The van der Waals surface area contributed by atoms with Gasteiger partial charge in [-0.05, 0) is 31.4 Å². The van der Waals surface area contributed by atoms with Gasteiger partial charge in [-0.2, -0.15) is 0 Å². The van der Waals surface area contributed by atoms with Crippen LogP contribution in [0, 0.1) is 6.92 Å². The number of thiophene rings is 1. The summed E-state index contributed by atoms with van der Waals surface area (Å²) in [5, 5.41) is 1.23. The van der Waals surface area contributed by atoms with E-state index in [2.05, 4.69) is 48.2 Å².